The van der Waals surface area contributed by atoms with Crippen molar-refractivity contribution in [3.63, 3.8) is 0 Å². The Balaban J connectivity index is 2.25. The van der Waals surface area contributed by atoms with Crippen LogP contribution in [0.1, 0.15) is 5.56 Å². The Morgan fingerprint density at radius 2 is 2.00 bits per heavy atom. The van der Waals surface area contributed by atoms with E-state index in [0.717, 1.165) is 0 Å². The van der Waals surface area contributed by atoms with E-state index in [2.05, 4.69) is 0 Å². The molecule has 1 heterocycles. The number of sulfone groups is 1. The second-order valence-corrected chi connectivity index (χ2v) is 7.61. The van der Waals surface area contributed by atoms with Crippen LogP contribution in [0.3, 0.4) is 0 Å². The molecule has 7 heteroatoms. The van der Waals surface area contributed by atoms with Crippen molar-refractivity contribution in [2.24, 2.45) is 11.8 Å². The highest BCUT2D eigenvalue weighted by atomic mass is 35.5. The lowest BCUT2D eigenvalue weighted by Gasteiger charge is -2.21. The molecule has 20 heavy (non-hydrogen) atoms. The number of aliphatic carboxylic acids is 1. The molecule has 110 valence electrons. The van der Waals surface area contributed by atoms with Crippen LogP contribution >= 0.6 is 11.6 Å². The van der Waals surface area contributed by atoms with E-state index in [-0.39, 0.29) is 17.9 Å². The van der Waals surface area contributed by atoms with Gasteiger partial charge in [0.2, 0.25) is 0 Å². The maximum Gasteiger partial charge on any atom is 0.307 e. The van der Waals surface area contributed by atoms with E-state index in [1.807, 2.05) is 0 Å². The van der Waals surface area contributed by atoms with Gasteiger partial charge < -0.3 is 10.2 Å². The lowest BCUT2D eigenvalue weighted by molar-refractivity contribution is -0.144. The number of benzene rings is 1. The molecule has 0 radical (unpaired) electrons. The number of aliphatic hydroxyl groups is 1. The summed E-state index contributed by atoms with van der Waals surface area (Å²) in [4.78, 5) is 11.4. The van der Waals surface area contributed by atoms with Gasteiger partial charge in [-0.3, -0.25) is 4.79 Å². The van der Waals surface area contributed by atoms with Crippen LogP contribution in [0.15, 0.2) is 24.3 Å². The first-order valence-electron chi connectivity index (χ1n) is 6.15. The van der Waals surface area contributed by atoms with Crippen molar-refractivity contribution < 1.29 is 23.4 Å². The van der Waals surface area contributed by atoms with Gasteiger partial charge >= 0.3 is 5.97 Å². The molecule has 3 atom stereocenters. The van der Waals surface area contributed by atoms with Gasteiger partial charge in [0.15, 0.2) is 9.84 Å². The fraction of sp³-hybridized carbons (Fsp3) is 0.462. The van der Waals surface area contributed by atoms with E-state index in [1.54, 1.807) is 24.3 Å². The summed E-state index contributed by atoms with van der Waals surface area (Å²) in [5.41, 5.74) is 0.637. The van der Waals surface area contributed by atoms with Crippen LogP contribution in [0.5, 0.6) is 0 Å². The van der Waals surface area contributed by atoms with Crippen molar-refractivity contribution in [3.8, 4) is 0 Å². The van der Waals surface area contributed by atoms with Gasteiger partial charge in [0.05, 0.1) is 23.5 Å². The van der Waals surface area contributed by atoms with Gasteiger partial charge in [-0.1, -0.05) is 29.8 Å². The van der Waals surface area contributed by atoms with Crippen molar-refractivity contribution >= 4 is 27.4 Å². The SMILES string of the molecule is O=C(O)C(Cc1ccccc1Cl)C1CS(=O)(=O)CC1O. The molecular weight excluding hydrogens is 304 g/mol. The maximum absolute atomic E-state index is 11.5. The molecule has 1 saturated heterocycles. The first-order valence-corrected chi connectivity index (χ1v) is 8.35. The summed E-state index contributed by atoms with van der Waals surface area (Å²) < 4.78 is 23.0. The minimum absolute atomic E-state index is 0.103. The van der Waals surface area contributed by atoms with Crippen molar-refractivity contribution in [1.29, 1.82) is 0 Å². The number of carboxylic acid groups (broad SMARTS) is 1. The predicted molar refractivity (Wildman–Crippen MR) is 74.4 cm³/mol. The summed E-state index contributed by atoms with van der Waals surface area (Å²) >= 11 is 6.00. The fourth-order valence-corrected chi connectivity index (χ4v) is 4.72. The van der Waals surface area contributed by atoms with Gasteiger partial charge in [-0.15, -0.1) is 0 Å². The number of carbonyl (C=O) groups is 1. The summed E-state index contributed by atoms with van der Waals surface area (Å²) in [6, 6.07) is 6.82. The van der Waals surface area contributed by atoms with Crippen LogP contribution < -0.4 is 0 Å². The van der Waals surface area contributed by atoms with Crippen LogP contribution in [0.25, 0.3) is 0 Å². The molecule has 1 fully saturated rings. The van der Waals surface area contributed by atoms with Crippen LogP contribution in [0.2, 0.25) is 5.02 Å². The average Bonchev–Trinajstić information content (AvgIpc) is 2.61. The number of hydrogen-bond donors (Lipinski definition) is 2. The molecule has 1 aromatic carbocycles. The number of aliphatic hydroxyl groups excluding tert-OH is 1. The van der Waals surface area contributed by atoms with Gasteiger partial charge in [0, 0.05) is 10.9 Å². The van der Waals surface area contributed by atoms with E-state index in [9.17, 15) is 23.4 Å². The first-order chi connectivity index (χ1) is 9.30. The Morgan fingerprint density at radius 1 is 1.35 bits per heavy atom. The van der Waals surface area contributed by atoms with E-state index < -0.39 is 33.7 Å². The van der Waals surface area contributed by atoms with Gasteiger partial charge in [-0.25, -0.2) is 8.42 Å². The van der Waals surface area contributed by atoms with Crippen molar-refractivity contribution in [2.75, 3.05) is 11.5 Å². The van der Waals surface area contributed by atoms with Gasteiger partial charge in [-0.2, -0.15) is 0 Å². The largest absolute Gasteiger partial charge is 0.481 e. The minimum atomic E-state index is -3.37. The second kappa shape index (κ2) is 5.71. The van der Waals surface area contributed by atoms with Gasteiger partial charge in [-0.05, 0) is 18.1 Å². The summed E-state index contributed by atoms with van der Waals surface area (Å²) in [6.07, 6.45) is -1.03. The molecule has 1 aliphatic rings. The van der Waals surface area contributed by atoms with E-state index >= 15 is 0 Å². The van der Waals surface area contributed by atoms with Crippen LogP contribution in [0, 0.1) is 11.8 Å². The highest BCUT2D eigenvalue weighted by Crippen LogP contribution is 2.31. The van der Waals surface area contributed by atoms with Crippen molar-refractivity contribution in [3.05, 3.63) is 34.9 Å². The number of hydrogen-bond acceptors (Lipinski definition) is 4. The molecule has 3 unspecified atom stereocenters. The maximum atomic E-state index is 11.5. The molecular formula is C13H15ClO5S. The number of carboxylic acids is 1. The normalized spacial score (nSPS) is 26.3. The highest BCUT2D eigenvalue weighted by Gasteiger charge is 2.43. The highest BCUT2D eigenvalue weighted by molar-refractivity contribution is 7.91. The topological polar surface area (TPSA) is 91.7 Å². The lowest BCUT2D eigenvalue weighted by Crippen LogP contribution is -2.33. The number of halogens is 1. The van der Waals surface area contributed by atoms with Gasteiger partial charge in [0.25, 0.3) is 0 Å². The molecule has 0 amide bonds. The lowest BCUT2D eigenvalue weighted by atomic mass is 9.85. The van der Waals surface area contributed by atoms with Crippen molar-refractivity contribution in [2.45, 2.75) is 12.5 Å². The second-order valence-electron chi connectivity index (χ2n) is 5.05. The van der Waals surface area contributed by atoms with Crippen LogP contribution in [0.4, 0.5) is 0 Å². The minimum Gasteiger partial charge on any atom is -0.481 e. The molecule has 0 aromatic heterocycles. The van der Waals surface area contributed by atoms with Crippen LogP contribution in [-0.2, 0) is 21.1 Å². The molecule has 2 N–H and O–H groups in total. The molecule has 0 bridgehead atoms. The fourth-order valence-electron chi connectivity index (χ4n) is 2.56. The molecule has 2 rings (SSSR count). The molecule has 1 aliphatic heterocycles. The first kappa shape index (κ1) is 15.3. The average molecular weight is 319 g/mol. The third-order valence-electron chi connectivity index (χ3n) is 3.60. The molecule has 0 aliphatic carbocycles. The van der Waals surface area contributed by atoms with E-state index in [4.69, 9.17) is 11.6 Å². The molecule has 5 nitrogen and oxygen atoms in total. The summed E-state index contributed by atoms with van der Waals surface area (Å²) in [6.45, 7) is 0. The standard InChI is InChI=1S/C13H15ClO5S/c14-11-4-2-1-3-8(11)5-9(13(16)17)10-6-20(18,19)7-12(10)15/h1-4,9-10,12,15H,5-7H2,(H,16,17). The van der Waals surface area contributed by atoms with Crippen molar-refractivity contribution in [1.82, 2.24) is 0 Å². The molecule has 0 saturated carbocycles. The number of rotatable bonds is 4. The zero-order chi connectivity index (χ0) is 14.9. The third kappa shape index (κ3) is 3.31. The summed E-state index contributed by atoms with van der Waals surface area (Å²) in [5, 5.41) is 19.6. The third-order valence-corrected chi connectivity index (χ3v) is 5.71. The molecule has 1 aromatic rings. The smallest absolute Gasteiger partial charge is 0.307 e. The Labute approximate surface area is 122 Å². The summed E-state index contributed by atoms with van der Waals surface area (Å²) in [5.74, 6) is -3.55. The Kier molecular flexibility index (Phi) is 4.36. The molecule has 0 spiro atoms. The Bertz CT molecular complexity index is 613. The van der Waals surface area contributed by atoms with E-state index in [1.165, 1.54) is 0 Å². The zero-order valence-electron chi connectivity index (χ0n) is 10.6. The Hall–Kier alpha value is -1.11. The Morgan fingerprint density at radius 3 is 2.50 bits per heavy atom. The quantitative estimate of drug-likeness (QED) is 0.863. The monoisotopic (exact) mass is 318 g/mol. The van der Waals surface area contributed by atoms with Crippen LogP contribution in [-0.4, -0.2) is 42.2 Å². The van der Waals surface area contributed by atoms with E-state index in [0.29, 0.717) is 10.6 Å². The summed E-state index contributed by atoms with van der Waals surface area (Å²) in [7, 11) is -3.37. The predicted octanol–water partition coefficient (Wildman–Crippen LogP) is 0.989. The van der Waals surface area contributed by atoms with Gasteiger partial charge in [0.1, 0.15) is 0 Å². The zero-order valence-corrected chi connectivity index (χ0v) is 12.1.